The zero-order chi connectivity index (χ0) is 25.8. The summed E-state index contributed by atoms with van der Waals surface area (Å²) in [7, 11) is 3.04. The van der Waals surface area contributed by atoms with Crippen LogP contribution in [0.15, 0.2) is 53.9 Å². The highest BCUT2D eigenvalue weighted by molar-refractivity contribution is 7.17. The zero-order valence-corrected chi connectivity index (χ0v) is 21.6. The normalized spacial score (nSPS) is 11.2. The van der Waals surface area contributed by atoms with E-state index in [1.165, 1.54) is 31.6 Å². The van der Waals surface area contributed by atoms with E-state index < -0.39 is 0 Å². The number of aromatic nitrogens is 1. The Balaban J connectivity index is 1.60. The van der Waals surface area contributed by atoms with Crippen molar-refractivity contribution in [2.75, 3.05) is 14.2 Å². The number of carbonyl (C=O) groups excluding carboxylic acids is 2. The second-order valence-electron chi connectivity index (χ2n) is 9.03. The smallest absolute Gasteiger partial charge is 0.181 e. The van der Waals surface area contributed by atoms with E-state index in [1.54, 1.807) is 24.3 Å². The maximum absolute atomic E-state index is 14.3. The number of carbonyl (C=O) groups is 2. The lowest BCUT2D eigenvalue weighted by Gasteiger charge is -2.11. The number of nitrogens with zero attached hydrogens (tertiary/aromatic N) is 1. The molecular formula is C29H28FNO4S. The number of hydrogen-bond donors (Lipinski definition) is 0. The van der Waals surface area contributed by atoms with Crippen LogP contribution in [0.5, 0.6) is 11.5 Å². The minimum Gasteiger partial charge on any atom is -0.493 e. The predicted molar refractivity (Wildman–Crippen MR) is 141 cm³/mol. The Morgan fingerprint density at radius 3 is 2.44 bits per heavy atom. The highest BCUT2D eigenvalue weighted by Gasteiger charge is 2.18. The van der Waals surface area contributed by atoms with Gasteiger partial charge in [0.2, 0.25) is 0 Å². The van der Waals surface area contributed by atoms with Gasteiger partial charge in [0, 0.05) is 34.7 Å². The van der Waals surface area contributed by atoms with Crippen LogP contribution in [0.4, 0.5) is 4.39 Å². The lowest BCUT2D eigenvalue weighted by molar-refractivity contribution is 0.0915. The van der Waals surface area contributed by atoms with Gasteiger partial charge >= 0.3 is 0 Å². The van der Waals surface area contributed by atoms with Crippen LogP contribution >= 0.6 is 11.3 Å². The van der Waals surface area contributed by atoms with Gasteiger partial charge in [0.05, 0.1) is 24.6 Å². The highest BCUT2D eigenvalue weighted by Crippen LogP contribution is 2.35. The molecule has 0 N–H and O–H groups in total. The summed E-state index contributed by atoms with van der Waals surface area (Å²) < 4.78 is 25.3. The van der Waals surface area contributed by atoms with Crippen molar-refractivity contribution in [2.45, 2.75) is 33.1 Å². The lowest BCUT2D eigenvalue weighted by atomic mass is 9.98. The van der Waals surface area contributed by atoms with E-state index >= 15 is 0 Å². The number of rotatable bonds is 10. The summed E-state index contributed by atoms with van der Waals surface area (Å²) in [5.41, 5.74) is 3.20. The first-order valence-electron chi connectivity index (χ1n) is 11.8. The van der Waals surface area contributed by atoms with Crippen LogP contribution in [0.25, 0.3) is 21.3 Å². The molecule has 186 valence electrons. The number of halogens is 1. The van der Waals surface area contributed by atoms with Gasteiger partial charge in [-0.25, -0.2) is 9.37 Å². The second-order valence-corrected chi connectivity index (χ2v) is 9.91. The van der Waals surface area contributed by atoms with E-state index in [4.69, 9.17) is 9.47 Å². The third-order valence-corrected chi connectivity index (χ3v) is 6.93. The maximum Gasteiger partial charge on any atom is 0.181 e. The quantitative estimate of drug-likeness (QED) is 0.214. The first-order valence-corrected chi connectivity index (χ1v) is 12.6. The Morgan fingerprint density at radius 2 is 1.72 bits per heavy atom. The lowest BCUT2D eigenvalue weighted by Crippen LogP contribution is -2.09. The molecule has 5 nitrogen and oxygen atoms in total. The van der Waals surface area contributed by atoms with Crippen molar-refractivity contribution in [1.29, 1.82) is 0 Å². The van der Waals surface area contributed by atoms with Crippen LogP contribution in [0.1, 0.15) is 53.1 Å². The molecule has 0 spiro atoms. The fourth-order valence-corrected chi connectivity index (χ4v) is 5.16. The van der Waals surface area contributed by atoms with Crippen molar-refractivity contribution in [3.63, 3.8) is 0 Å². The predicted octanol–water partition coefficient (Wildman–Crippen LogP) is 7.16. The van der Waals surface area contributed by atoms with Gasteiger partial charge in [-0.15, -0.1) is 11.3 Å². The van der Waals surface area contributed by atoms with Crippen molar-refractivity contribution in [1.82, 2.24) is 4.98 Å². The molecule has 0 radical (unpaired) electrons. The molecule has 0 aliphatic rings. The minimum absolute atomic E-state index is 0.0315. The van der Waals surface area contributed by atoms with E-state index in [1.807, 2.05) is 23.6 Å². The topological polar surface area (TPSA) is 65.5 Å². The largest absolute Gasteiger partial charge is 0.493 e. The van der Waals surface area contributed by atoms with Gasteiger partial charge in [0.1, 0.15) is 11.5 Å². The average Bonchev–Trinajstić information content (AvgIpc) is 3.31. The van der Waals surface area contributed by atoms with Gasteiger partial charge < -0.3 is 9.47 Å². The number of ether oxygens (including phenoxy) is 2. The molecule has 0 unspecified atom stereocenters. The number of benzene rings is 2. The third kappa shape index (κ3) is 5.46. The van der Waals surface area contributed by atoms with Crippen LogP contribution in [0.2, 0.25) is 0 Å². The molecule has 0 saturated heterocycles. The number of pyridine rings is 1. The molecule has 4 rings (SSSR count). The van der Waals surface area contributed by atoms with Crippen LogP contribution in [0, 0.1) is 11.7 Å². The fourth-order valence-electron chi connectivity index (χ4n) is 4.19. The summed E-state index contributed by atoms with van der Waals surface area (Å²) in [5, 5.41) is 2.65. The number of thiophene rings is 1. The summed E-state index contributed by atoms with van der Waals surface area (Å²) in [6.07, 6.45) is 0.854. The Labute approximate surface area is 213 Å². The Morgan fingerprint density at radius 1 is 0.972 bits per heavy atom. The number of methoxy groups -OCH3 is 2. The number of Topliss-reactive ketones (excluding diaryl/α,β-unsaturated/α-hetero) is 2. The summed E-state index contributed by atoms with van der Waals surface area (Å²) in [6.45, 7) is 4.22. The second kappa shape index (κ2) is 11.0. The Hall–Kier alpha value is -3.58. The van der Waals surface area contributed by atoms with Crippen molar-refractivity contribution < 1.29 is 23.5 Å². The first-order chi connectivity index (χ1) is 17.3. The van der Waals surface area contributed by atoms with Crippen molar-refractivity contribution in [3.05, 3.63) is 76.5 Å². The molecule has 0 bridgehead atoms. The van der Waals surface area contributed by atoms with Crippen LogP contribution in [0.3, 0.4) is 0 Å². The molecule has 2 aromatic heterocycles. The Bertz CT molecular complexity index is 1430. The van der Waals surface area contributed by atoms with Gasteiger partial charge in [0.25, 0.3) is 0 Å². The molecule has 7 heteroatoms. The summed E-state index contributed by atoms with van der Waals surface area (Å²) in [5.74, 6) is 0.730. The number of fused-ring (bicyclic) bond motifs is 1. The summed E-state index contributed by atoms with van der Waals surface area (Å²) in [4.78, 5) is 30.6. The molecule has 4 aromatic rings. The van der Waals surface area contributed by atoms with E-state index in [9.17, 15) is 14.0 Å². The summed E-state index contributed by atoms with van der Waals surface area (Å²) >= 11 is 1.32. The van der Waals surface area contributed by atoms with E-state index in [0.717, 1.165) is 22.9 Å². The SMILES string of the molecule is COc1ccc(C(=O)CCC(=O)c2cc(CC(C)C)cc(-c3csc4c(F)cccc34)n2)cc1OC. The van der Waals surface area contributed by atoms with Gasteiger partial charge in [-0.1, -0.05) is 26.0 Å². The maximum atomic E-state index is 14.3. The van der Waals surface area contributed by atoms with Crippen LogP contribution < -0.4 is 9.47 Å². The standard InChI is InChI=1S/C29H28FNO4S/c1-17(2)12-18-13-23(21-16-36-29-20(21)6-5-7-22(29)30)31-24(14-18)26(33)10-9-25(32)19-8-11-27(34-3)28(15-19)35-4/h5-8,11,13-17H,9-10,12H2,1-4H3. The molecule has 0 fully saturated rings. The van der Waals surface area contributed by atoms with Crippen molar-refractivity contribution in [3.8, 4) is 22.8 Å². The highest BCUT2D eigenvalue weighted by atomic mass is 32.1. The molecule has 0 amide bonds. The van der Waals surface area contributed by atoms with Gasteiger partial charge in [0.15, 0.2) is 23.1 Å². The zero-order valence-electron chi connectivity index (χ0n) is 20.8. The fraction of sp³-hybridized carbons (Fsp3) is 0.276. The molecule has 0 atom stereocenters. The minimum atomic E-state index is -0.271. The molecule has 2 aromatic carbocycles. The van der Waals surface area contributed by atoms with Crippen molar-refractivity contribution >= 4 is 33.0 Å². The van der Waals surface area contributed by atoms with E-state index in [2.05, 4.69) is 18.8 Å². The van der Waals surface area contributed by atoms with Gasteiger partial charge in [-0.2, -0.15) is 0 Å². The molecule has 2 heterocycles. The van der Waals surface area contributed by atoms with Gasteiger partial charge in [-0.05, 0) is 54.3 Å². The van der Waals surface area contributed by atoms with E-state index in [-0.39, 0.29) is 30.2 Å². The monoisotopic (exact) mass is 505 g/mol. The third-order valence-electron chi connectivity index (χ3n) is 5.93. The van der Waals surface area contributed by atoms with Crippen LogP contribution in [-0.2, 0) is 6.42 Å². The van der Waals surface area contributed by atoms with E-state index in [0.29, 0.717) is 39.1 Å². The average molecular weight is 506 g/mol. The molecule has 0 aliphatic heterocycles. The number of hydrogen-bond acceptors (Lipinski definition) is 6. The Kier molecular flexibility index (Phi) is 7.79. The molecule has 0 saturated carbocycles. The molecule has 0 aliphatic carbocycles. The van der Waals surface area contributed by atoms with Crippen molar-refractivity contribution in [2.24, 2.45) is 5.92 Å². The molecular weight excluding hydrogens is 477 g/mol. The molecule has 36 heavy (non-hydrogen) atoms. The first kappa shape index (κ1) is 25.5. The van der Waals surface area contributed by atoms with Crippen LogP contribution in [-0.4, -0.2) is 30.8 Å². The summed E-state index contributed by atoms with van der Waals surface area (Å²) in [6, 6.07) is 13.7. The van der Waals surface area contributed by atoms with Gasteiger partial charge in [-0.3, -0.25) is 9.59 Å². The number of ketones is 2.